The van der Waals surface area contributed by atoms with Crippen LogP contribution < -0.4 is 5.69 Å². The van der Waals surface area contributed by atoms with Gasteiger partial charge in [-0.05, 0) is 38.5 Å². The highest BCUT2D eigenvalue weighted by atomic mass is 16.2. The zero-order chi connectivity index (χ0) is 18.1. The van der Waals surface area contributed by atoms with Crippen LogP contribution in [0.1, 0.15) is 88.4 Å². The zero-order valence-corrected chi connectivity index (χ0v) is 16.0. The first kappa shape index (κ1) is 17.8. The first-order valence-electron chi connectivity index (χ1n) is 10.6. The smallest absolute Gasteiger partial charge is 0.342 e. The van der Waals surface area contributed by atoms with Gasteiger partial charge in [-0.2, -0.15) is 5.10 Å². The van der Waals surface area contributed by atoms with Crippen LogP contribution in [0.2, 0.25) is 0 Å². The molecule has 26 heavy (non-hydrogen) atoms. The van der Waals surface area contributed by atoms with Crippen molar-refractivity contribution in [2.75, 3.05) is 13.1 Å². The fraction of sp³-hybridized carbons (Fsp3) is 0.850. The number of hydrogen-bond donors (Lipinski definition) is 0. The summed E-state index contributed by atoms with van der Waals surface area (Å²) in [4.78, 5) is 27.5. The monoisotopic (exact) mass is 360 g/mol. The molecule has 0 bridgehead atoms. The SMILES string of the molecule is Cn1nc(C2CCN(C(=O)C3CCCCC3)CC2)n(C2CCCC2)c1=O. The molecular weight excluding hydrogens is 328 g/mol. The number of aromatic nitrogens is 3. The second-order valence-electron chi connectivity index (χ2n) is 8.51. The molecule has 1 aromatic heterocycles. The summed E-state index contributed by atoms with van der Waals surface area (Å²) in [6.45, 7) is 1.63. The van der Waals surface area contributed by atoms with Gasteiger partial charge in [0.1, 0.15) is 5.82 Å². The van der Waals surface area contributed by atoms with E-state index in [-0.39, 0.29) is 11.6 Å². The predicted molar refractivity (Wildman–Crippen MR) is 100 cm³/mol. The summed E-state index contributed by atoms with van der Waals surface area (Å²) in [5.41, 5.74) is 0.0348. The largest absolute Gasteiger partial charge is 0.345 e. The van der Waals surface area contributed by atoms with Crippen molar-refractivity contribution in [1.29, 1.82) is 0 Å². The number of carbonyl (C=O) groups excluding carboxylic acids is 1. The van der Waals surface area contributed by atoms with E-state index < -0.39 is 0 Å². The molecule has 3 aliphatic rings. The van der Waals surface area contributed by atoms with Crippen LogP contribution >= 0.6 is 0 Å². The van der Waals surface area contributed by atoms with Crippen LogP contribution in [0.4, 0.5) is 0 Å². The summed E-state index contributed by atoms with van der Waals surface area (Å²) in [6.07, 6.45) is 12.3. The quantitative estimate of drug-likeness (QED) is 0.832. The summed E-state index contributed by atoms with van der Waals surface area (Å²) in [7, 11) is 1.76. The van der Waals surface area contributed by atoms with Crippen LogP contribution in [0.3, 0.4) is 0 Å². The van der Waals surface area contributed by atoms with Crippen LogP contribution in [-0.2, 0) is 11.8 Å². The molecule has 0 radical (unpaired) electrons. The molecule has 1 saturated heterocycles. The molecule has 4 rings (SSSR count). The van der Waals surface area contributed by atoms with Crippen LogP contribution in [-0.4, -0.2) is 38.2 Å². The summed E-state index contributed by atoms with van der Waals surface area (Å²) in [5, 5.41) is 4.60. The maximum absolute atomic E-state index is 12.8. The molecule has 0 N–H and O–H groups in total. The number of aryl methyl sites for hydroxylation is 1. The van der Waals surface area contributed by atoms with Crippen LogP contribution in [0.15, 0.2) is 4.79 Å². The van der Waals surface area contributed by atoms with E-state index >= 15 is 0 Å². The van der Waals surface area contributed by atoms with Crippen molar-refractivity contribution in [2.24, 2.45) is 13.0 Å². The first-order chi connectivity index (χ1) is 12.6. The molecule has 1 amide bonds. The van der Waals surface area contributed by atoms with E-state index in [2.05, 4.69) is 10.00 Å². The molecule has 0 aromatic carbocycles. The molecular formula is C20H32N4O2. The Morgan fingerprint density at radius 3 is 2.19 bits per heavy atom. The van der Waals surface area contributed by atoms with Crippen molar-refractivity contribution in [3.05, 3.63) is 16.3 Å². The van der Waals surface area contributed by atoms with Crippen molar-refractivity contribution in [2.45, 2.75) is 82.6 Å². The second kappa shape index (κ2) is 7.57. The maximum atomic E-state index is 12.8. The number of amides is 1. The molecule has 0 unspecified atom stereocenters. The Morgan fingerprint density at radius 2 is 1.54 bits per heavy atom. The third-order valence-corrected chi connectivity index (χ3v) is 6.80. The van der Waals surface area contributed by atoms with E-state index in [1.165, 1.54) is 36.8 Å². The lowest BCUT2D eigenvalue weighted by Crippen LogP contribution is -2.42. The van der Waals surface area contributed by atoms with Gasteiger partial charge in [-0.15, -0.1) is 0 Å². The molecule has 6 nitrogen and oxygen atoms in total. The van der Waals surface area contributed by atoms with E-state index in [1.807, 2.05) is 4.57 Å². The summed E-state index contributed by atoms with van der Waals surface area (Å²) in [6, 6.07) is 0.327. The average Bonchev–Trinajstić information content (AvgIpc) is 3.31. The Kier molecular flexibility index (Phi) is 5.18. The van der Waals surface area contributed by atoms with Crippen molar-refractivity contribution in [1.82, 2.24) is 19.2 Å². The highest BCUT2D eigenvalue weighted by Crippen LogP contribution is 2.34. The van der Waals surface area contributed by atoms with Crippen LogP contribution in [0.25, 0.3) is 0 Å². The first-order valence-corrected chi connectivity index (χ1v) is 10.6. The van der Waals surface area contributed by atoms with E-state index in [4.69, 9.17) is 0 Å². The minimum atomic E-state index is 0.0348. The third kappa shape index (κ3) is 3.35. The Balaban J connectivity index is 1.44. The molecule has 1 aliphatic heterocycles. The van der Waals surface area contributed by atoms with E-state index in [0.29, 0.717) is 17.9 Å². The second-order valence-corrected chi connectivity index (χ2v) is 8.51. The lowest BCUT2D eigenvalue weighted by Gasteiger charge is -2.35. The average molecular weight is 361 g/mol. The minimum Gasteiger partial charge on any atom is -0.342 e. The Hall–Kier alpha value is -1.59. The molecule has 2 aliphatic carbocycles. The van der Waals surface area contributed by atoms with Gasteiger partial charge >= 0.3 is 5.69 Å². The molecule has 0 spiro atoms. The van der Waals surface area contributed by atoms with Gasteiger partial charge in [0.25, 0.3) is 0 Å². The normalized spacial score (nSPS) is 23.7. The number of carbonyl (C=O) groups is 1. The summed E-state index contributed by atoms with van der Waals surface area (Å²) >= 11 is 0. The standard InChI is InChI=1S/C20H32N4O2/c1-22-20(26)24(17-9-5-6-10-17)18(21-22)15-11-13-23(14-12-15)19(25)16-7-3-2-4-8-16/h15-17H,2-14H2,1H3. The van der Waals surface area contributed by atoms with Crippen LogP contribution in [0, 0.1) is 5.92 Å². The fourth-order valence-electron chi connectivity index (χ4n) is 5.25. The molecule has 144 valence electrons. The van der Waals surface area contributed by atoms with Gasteiger partial charge < -0.3 is 4.90 Å². The molecule has 2 saturated carbocycles. The van der Waals surface area contributed by atoms with E-state index in [1.54, 1.807) is 7.05 Å². The van der Waals surface area contributed by atoms with E-state index in [0.717, 1.165) is 57.4 Å². The Bertz CT molecular complexity index is 687. The Morgan fingerprint density at radius 1 is 0.923 bits per heavy atom. The molecule has 6 heteroatoms. The van der Waals surface area contributed by atoms with Crippen molar-refractivity contribution in [3.8, 4) is 0 Å². The van der Waals surface area contributed by atoms with Crippen molar-refractivity contribution < 1.29 is 4.79 Å². The van der Waals surface area contributed by atoms with Gasteiger partial charge in [-0.3, -0.25) is 9.36 Å². The summed E-state index contributed by atoms with van der Waals surface area (Å²) < 4.78 is 3.49. The lowest BCUT2D eigenvalue weighted by atomic mass is 9.87. The van der Waals surface area contributed by atoms with Gasteiger partial charge in [-0.1, -0.05) is 32.1 Å². The van der Waals surface area contributed by atoms with Crippen molar-refractivity contribution >= 4 is 5.91 Å². The number of hydrogen-bond acceptors (Lipinski definition) is 3. The number of likely N-dealkylation sites (tertiary alicyclic amines) is 1. The molecule has 2 heterocycles. The molecule has 3 fully saturated rings. The number of nitrogens with zero attached hydrogens (tertiary/aromatic N) is 4. The predicted octanol–water partition coefficient (Wildman–Crippen LogP) is 2.98. The molecule has 0 atom stereocenters. The number of piperidine rings is 1. The van der Waals surface area contributed by atoms with Crippen LogP contribution in [0.5, 0.6) is 0 Å². The van der Waals surface area contributed by atoms with Gasteiger partial charge in [-0.25, -0.2) is 9.48 Å². The van der Waals surface area contributed by atoms with Gasteiger partial charge in [0, 0.05) is 38.0 Å². The topological polar surface area (TPSA) is 60.1 Å². The maximum Gasteiger partial charge on any atom is 0.345 e. The third-order valence-electron chi connectivity index (χ3n) is 6.80. The minimum absolute atomic E-state index is 0.0348. The summed E-state index contributed by atoms with van der Waals surface area (Å²) in [5.74, 6) is 1.90. The van der Waals surface area contributed by atoms with Gasteiger partial charge in [0.05, 0.1) is 0 Å². The lowest BCUT2D eigenvalue weighted by molar-refractivity contribution is -0.137. The number of rotatable bonds is 3. The van der Waals surface area contributed by atoms with Crippen molar-refractivity contribution in [3.63, 3.8) is 0 Å². The molecule has 1 aromatic rings. The highest BCUT2D eigenvalue weighted by Gasteiger charge is 2.33. The van der Waals surface area contributed by atoms with Gasteiger partial charge in [0.2, 0.25) is 5.91 Å². The van der Waals surface area contributed by atoms with Gasteiger partial charge in [0.15, 0.2) is 0 Å². The zero-order valence-electron chi connectivity index (χ0n) is 16.0. The highest BCUT2D eigenvalue weighted by molar-refractivity contribution is 5.79. The van der Waals surface area contributed by atoms with E-state index in [9.17, 15) is 9.59 Å². The fourth-order valence-corrected chi connectivity index (χ4v) is 5.25. The Labute approximate surface area is 155 Å².